The van der Waals surface area contributed by atoms with Crippen LogP contribution in [-0.2, 0) is 80.1 Å². The lowest BCUT2D eigenvalue weighted by atomic mass is 9.95. The van der Waals surface area contributed by atoms with E-state index < -0.39 is 176 Å². The number of unbranched alkanes of at least 4 members (excludes halogenated alkanes) is 50. The number of esters is 4. The smallest absolute Gasteiger partial charge is 0.462 e. The highest BCUT2D eigenvalue weighted by molar-refractivity contribution is 7.46. The third-order valence-electron chi connectivity index (χ3n) is 23.9. The highest BCUT2D eigenvalue weighted by atomic mass is 31.2. The first-order chi connectivity index (χ1) is 59.3. The third-order valence-corrected chi connectivity index (χ3v) is 24.9. The molecule has 0 bridgehead atoms. The van der Waals surface area contributed by atoms with Crippen molar-refractivity contribution in [1.29, 1.82) is 0 Å². The van der Waals surface area contributed by atoms with Gasteiger partial charge in [0.05, 0.1) is 51.1 Å². The van der Waals surface area contributed by atoms with Crippen molar-refractivity contribution in [1.82, 2.24) is 10.6 Å². The molecule has 123 heavy (non-hydrogen) atoms. The molecular weight excluding hydrogens is 1620 g/mol. The summed E-state index contributed by atoms with van der Waals surface area (Å²) in [5.74, 6) is -5.04. The molecule has 0 aliphatic carbocycles. The van der Waals surface area contributed by atoms with Crippen LogP contribution in [0.1, 0.15) is 465 Å². The SMILES string of the molecule is CCCCCCCCCCCCCC(=O)OC(CCCCCCCCCCC)CC(=O)O[C@@H]1[C@@H](NC(=O)CC(CCCCCCCCCCC)OC(=O)CCCCCCCCCCC)[C@H](OC[C@H]2O[C@H](OP(=O)(O)O)[C@H](NC(=O)CC(O)CCCCCCCCCCC)[C@@H](OC(=O)CC(O)CCCCCCCCCCC)[C@@H]2O)O[C@H](CO)[C@H]1OP(=O)(O)O. The van der Waals surface area contributed by atoms with Gasteiger partial charge in [-0.15, -0.1) is 0 Å². The fourth-order valence-corrected chi connectivity index (χ4v) is 17.6. The van der Waals surface area contributed by atoms with E-state index in [4.69, 9.17) is 42.2 Å². The van der Waals surface area contributed by atoms with Crippen LogP contribution in [0.15, 0.2) is 0 Å². The predicted octanol–water partition coefficient (Wildman–Crippen LogP) is 20.6. The lowest BCUT2D eigenvalue weighted by molar-refractivity contribution is -0.297. The normalized spacial score (nSPS) is 20.4. The molecule has 29 heteroatoms. The molecule has 724 valence electrons. The number of aliphatic hydroxyl groups is 4. The summed E-state index contributed by atoms with van der Waals surface area (Å²) in [6.07, 6.45) is 34.0. The predicted molar refractivity (Wildman–Crippen MR) is 481 cm³/mol. The number of nitrogens with one attached hydrogen (secondary N) is 2. The van der Waals surface area contributed by atoms with Crippen LogP contribution in [0.5, 0.6) is 0 Å². The molecule has 14 atom stereocenters. The minimum absolute atomic E-state index is 0.0781. The molecule has 2 aliphatic heterocycles. The van der Waals surface area contributed by atoms with Gasteiger partial charge in [-0.3, -0.25) is 37.8 Å². The average Bonchev–Trinajstić information content (AvgIpc) is 0.778. The Morgan fingerprint density at radius 3 is 0.984 bits per heavy atom. The van der Waals surface area contributed by atoms with Crippen LogP contribution >= 0.6 is 15.6 Å². The van der Waals surface area contributed by atoms with Crippen molar-refractivity contribution in [2.75, 3.05) is 13.2 Å². The molecule has 0 spiro atoms. The summed E-state index contributed by atoms with van der Waals surface area (Å²) in [5.41, 5.74) is 0. The van der Waals surface area contributed by atoms with Crippen molar-refractivity contribution in [3.05, 3.63) is 0 Å². The largest absolute Gasteiger partial charge is 0.472 e. The molecule has 2 aliphatic rings. The van der Waals surface area contributed by atoms with Crippen LogP contribution in [0.4, 0.5) is 0 Å². The van der Waals surface area contributed by atoms with E-state index >= 15 is 9.59 Å². The van der Waals surface area contributed by atoms with Crippen LogP contribution < -0.4 is 10.6 Å². The number of aliphatic hydroxyl groups excluding tert-OH is 4. The standard InChI is InChI=1S/C94H178N2O25P2/c1-7-13-19-25-31-37-38-44-50-56-62-68-84(103)115-78(66-60-54-48-42-35-29-23-17-11-5)72-86(105)119-92-88(96-82(101)71-77(65-59-53-47-41-34-28-22-16-10-4)114-83(102)67-61-55-49-43-36-30-24-18-12-6)93(116-79(73-97)90(92)120-122(107,108)109)113-74-80-89(106)91(118-85(104)70-76(99)64-58-52-46-40-33-27-21-15-9-3)87(94(117-80)121-123(110,111)112)95-81(100)69-75(98)63-57-51-45-39-32-26-20-14-8-2/h75-80,87-94,97-99,106H,7-74H2,1-6H3,(H,95,100)(H,96,101)(H2,107,108,109)(H2,110,111,112)/t75?,76?,77?,78?,79-,80-,87-,88-,89-,90-,91-,92-,93-,94-/m1/s1. The number of carbonyl (C=O) groups is 6. The van der Waals surface area contributed by atoms with Gasteiger partial charge in [-0.05, 0) is 51.4 Å². The monoisotopic (exact) mass is 1800 g/mol. The van der Waals surface area contributed by atoms with Crippen LogP contribution in [-0.4, -0.2) is 175 Å². The number of ether oxygens (including phenoxy) is 7. The van der Waals surface area contributed by atoms with Gasteiger partial charge in [-0.1, -0.05) is 375 Å². The highest BCUT2D eigenvalue weighted by Gasteiger charge is 2.55. The van der Waals surface area contributed by atoms with Crippen molar-refractivity contribution in [2.24, 2.45) is 0 Å². The average molecular weight is 1800 g/mol. The molecule has 2 amide bonds. The first-order valence-corrected chi connectivity index (χ1v) is 52.8. The van der Waals surface area contributed by atoms with Gasteiger partial charge in [0.25, 0.3) is 0 Å². The number of phosphoric ester groups is 2. The fraction of sp³-hybridized carbons (Fsp3) is 0.936. The van der Waals surface area contributed by atoms with E-state index in [0.29, 0.717) is 38.5 Å². The lowest BCUT2D eigenvalue weighted by Gasteiger charge is -2.47. The first-order valence-electron chi connectivity index (χ1n) is 49.7. The Balaban J connectivity index is 2.84. The van der Waals surface area contributed by atoms with Crippen LogP contribution in [0, 0.1) is 0 Å². The summed E-state index contributed by atoms with van der Waals surface area (Å²) < 4.78 is 80.1. The minimum atomic E-state index is -5.69. The highest BCUT2D eigenvalue weighted by Crippen LogP contribution is 2.44. The van der Waals surface area contributed by atoms with Crippen LogP contribution in [0.3, 0.4) is 0 Å². The molecule has 10 N–H and O–H groups in total. The molecule has 0 aromatic carbocycles. The third kappa shape index (κ3) is 61.9. The molecule has 0 aromatic heterocycles. The number of hydrogen-bond donors (Lipinski definition) is 10. The summed E-state index contributed by atoms with van der Waals surface area (Å²) in [4.78, 5) is 128. The number of phosphoric acid groups is 2. The van der Waals surface area contributed by atoms with Gasteiger partial charge < -0.3 is 83.8 Å². The van der Waals surface area contributed by atoms with Gasteiger partial charge in [0.1, 0.15) is 48.7 Å². The Hall–Kier alpha value is -3.24. The second-order valence-corrected chi connectivity index (χ2v) is 37.9. The van der Waals surface area contributed by atoms with E-state index in [9.17, 15) is 68.3 Å². The Kier molecular flexibility index (Phi) is 71.0. The second-order valence-electron chi connectivity index (χ2n) is 35.5. The molecular formula is C94H178N2O25P2. The molecule has 0 aromatic rings. The van der Waals surface area contributed by atoms with Gasteiger partial charge in [-0.25, -0.2) is 9.13 Å². The Morgan fingerprint density at radius 1 is 0.333 bits per heavy atom. The fourth-order valence-electron chi connectivity index (χ4n) is 16.6. The zero-order valence-corrected chi connectivity index (χ0v) is 79.4. The topological polar surface area (TPSA) is 406 Å². The summed E-state index contributed by atoms with van der Waals surface area (Å²) in [6, 6.07) is -3.86. The van der Waals surface area contributed by atoms with E-state index in [1.54, 1.807) is 0 Å². The van der Waals surface area contributed by atoms with Gasteiger partial charge in [0.15, 0.2) is 24.8 Å². The number of carbonyl (C=O) groups excluding carboxylic acids is 6. The minimum Gasteiger partial charge on any atom is -0.462 e. The summed E-state index contributed by atoms with van der Waals surface area (Å²) in [6.45, 7) is 10.9. The molecule has 0 saturated carbocycles. The maximum Gasteiger partial charge on any atom is 0.472 e. The Labute approximate surface area is 742 Å². The van der Waals surface area contributed by atoms with E-state index in [0.717, 1.165) is 257 Å². The zero-order chi connectivity index (χ0) is 90.4. The van der Waals surface area contributed by atoms with E-state index in [-0.39, 0.29) is 38.5 Å². The van der Waals surface area contributed by atoms with Gasteiger partial charge >= 0.3 is 39.5 Å². The van der Waals surface area contributed by atoms with Crippen molar-refractivity contribution >= 4 is 51.3 Å². The molecule has 0 radical (unpaired) electrons. The molecule has 4 unspecified atom stereocenters. The molecule has 27 nitrogen and oxygen atoms in total. The van der Waals surface area contributed by atoms with E-state index in [1.807, 2.05) is 0 Å². The second kappa shape index (κ2) is 75.4. The summed E-state index contributed by atoms with van der Waals surface area (Å²) in [7, 11) is -11.4. The van der Waals surface area contributed by atoms with Crippen LogP contribution in [0.25, 0.3) is 0 Å². The molecule has 2 saturated heterocycles. The van der Waals surface area contributed by atoms with Crippen molar-refractivity contribution in [2.45, 2.75) is 551 Å². The maximum atomic E-state index is 15.2. The number of hydrogen-bond acceptors (Lipinski definition) is 21. The molecule has 2 heterocycles. The van der Waals surface area contributed by atoms with Crippen molar-refractivity contribution in [3.63, 3.8) is 0 Å². The van der Waals surface area contributed by atoms with Crippen molar-refractivity contribution < 1.29 is 120 Å². The zero-order valence-electron chi connectivity index (χ0n) is 77.6. The molecule has 2 fully saturated rings. The number of rotatable bonds is 84. The van der Waals surface area contributed by atoms with Gasteiger partial charge in [-0.2, -0.15) is 0 Å². The Morgan fingerprint density at radius 2 is 0.626 bits per heavy atom. The van der Waals surface area contributed by atoms with Gasteiger partial charge in [0, 0.05) is 12.8 Å². The first kappa shape index (κ1) is 116. The summed E-state index contributed by atoms with van der Waals surface area (Å²) >= 11 is 0. The van der Waals surface area contributed by atoms with Crippen LogP contribution in [0.2, 0.25) is 0 Å². The molecule has 2 rings (SSSR count). The van der Waals surface area contributed by atoms with Gasteiger partial charge in [0.2, 0.25) is 11.8 Å². The summed E-state index contributed by atoms with van der Waals surface area (Å²) in [5, 5.41) is 51.5. The van der Waals surface area contributed by atoms with Crippen molar-refractivity contribution in [3.8, 4) is 0 Å². The van der Waals surface area contributed by atoms with E-state index in [2.05, 4.69) is 52.2 Å². The quantitative estimate of drug-likeness (QED) is 0.0117. The lowest BCUT2D eigenvalue weighted by Crippen LogP contribution is -2.68. The maximum absolute atomic E-state index is 15.2. The Bertz CT molecular complexity index is 2710. The van der Waals surface area contributed by atoms with E-state index in [1.165, 1.54) is 64.2 Å². The number of amides is 2.